The Labute approximate surface area is 145 Å². The van der Waals surface area contributed by atoms with E-state index in [1.807, 2.05) is 59.8 Å². The van der Waals surface area contributed by atoms with E-state index in [4.69, 9.17) is 9.47 Å². The molecule has 0 bridgehead atoms. The molecule has 0 saturated heterocycles. The molecular formula is C18H33NO3S. The van der Waals surface area contributed by atoms with E-state index in [2.05, 4.69) is 18.3 Å². The molecule has 0 aromatic carbocycles. The molecule has 2 heterocycles. The van der Waals surface area contributed by atoms with Gasteiger partial charge in [0, 0.05) is 16.2 Å². The molecular weight excluding hydrogens is 310 g/mol. The largest absolute Gasteiger partial charge is 0.444 e. The molecule has 0 saturated carbocycles. The number of carbonyl (C=O) groups excluding carboxylic acids is 1. The number of aryl methyl sites for hydroxylation is 1. The quantitative estimate of drug-likeness (QED) is 0.798. The molecule has 1 atom stereocenters. The van der Waals surface area contributed by atoms with Crippen LogP contribution >= 0.6 is 11.3 Å². The lowest BCUT2D eigenvalue weighted by atomic mass is 10.1. The summed E-state index contributed by atoms with van der Waals surface area (Å²) in [5.74, 6) is 0. The van der Waals surface area contributed by atoms with E-state index in [-0.39, 0.29) is 6.10 Å². The fraction of sp³-hybridized carbons (Fsp3) is 0.722. The van der Waals surface area contributed by atoms with Crippen molar-refractivity contribution in [1.29, 1.82) is 0 Å². The molecule has 4 nitrogen and oxygen atoms in total. The van der Waals surface area contributed by atoms with Crippen LogP contribution in [0.2, 0.25) is 0 Å². The third-order valence-electron chi connectivity index (χ3n) is 2.79. The van der Waals surface area contributed by atoms with E-state index < -0.39 is 11.7 Å². The molecule has 1 aliphatic heterocycles. The summed E-state index contributed by atoms with van der Waals surface area (Å²) in [6.07, 6.45) is 0.521. The van der Waals surface area contributed by atoms with Crippen LogP contribution < -0.4 is 5.32 Å². The van der Waals surface area contributed by atoms with Crippen molar-refractivity contribution in [3.63, 3.8) is 0 Å². The zero-order chi connectivity index (χ0) is 18.0. The van der Waals surface area contributed by atoms with Gasteiger partial charge in [-0.2, -0.15) is 0 Å². The van der Waals surface area contributed by atoms with Crippen LogP contribution in [0, 0.1) is 6.92 Å². The summed E-state index contributed by atoms with van der Waals surface area (Å²) in [6, 6.07) is 2.15. The summed E-state index contributed by atoms with van der Waals surface area (Å²) in [5, 5.41) is 2.78. The highest BCUT2D eigenvalue weighted by atomic mass is 32.1. The maximum atomic E-state index is 11.6. The Kier molecular flexibility index (Phi) is 10.2. The summed E-state index contributed by atoms with van der Waals surface area (Å²) in [6.45, 7) is 16.8. The molecule has 1 unspecified atom stereocenters. The highest BCUT2D eigenvalue weighted by Gasteiger charge is 2.24. The predicted octanol–water partition coefficient (Wildman–Crippen LogP) is 5.25. The standard InChI is InChI=1S/C14H21NO3S.2C2H6/c1-9-7-10-11(17-6-5-12(10)19-9)8-15-13(16)18-14(2,3)4;2*1-2/h7,11H,5-6,8H2,1-4H3,(H,15,16);2*1-2H3. The summed E-state index contributed by atoms with van der Waals surface area (Å²) in [4.78, 5) is 14.3. The van der Waals surface area contributed by atoms with Crippen LogP contribution in [0.4, 0.5) is 4.79 Å². The van der Waals surface area contributed by atoms with Crippen LogP contribution in [0.1, 0.15) is 69.9 Å². The third-order valence-corrected chi connectivity index (χ3v) is 3.92. The van der Waals surface area contributed by atoms with Gasteiger partial charge in [-0.25, -0.2) is 4.79 Å². The first-order chi connectivity index (χ1) is 10.8. The van der Waals surface area contributed by atoms with E-state index in [1.54, 1.807) is 0 Å². The van der Waals surface area contributed by atoms with Gasteiger partial charge in [0.05, 0.1) is 13.2 Å². The number of nitrogens with one attached hydrogen (secondary N) is 1. The van der Waals surface area contributed by atoms with Gasteiger partial charge >= 0.3 is 6.09 Å². The van der Waals surface area contributed by atoms with Crippen LogP contribution in [0.5, 0.6) is 0 Å². The normalized spacial score (nSPS) is 16.1. The zero-order valence-electron chi connectivity index (χ0n) is 15.9. The molecule has 1 N–H and O–H groups in total. The van der Waals surface area contributed by atoms with Crippen molar-refractivity contribution in [1.82, 2.24) is 5.32 Å². The molecule has 2 rings (SSSR count). The number of rotatable bonds is 2. The average Bonchev–Trinajstić information content (AvgIpc) is 2.88. The molecule has 5 heteroatoms. The zero-order valence-corrected chi connectivity index (χ0v) is 16.7. The minimum Gasteiger partial charge on any atom is -0.444 e. The Morgan fingerprint density at radius 1 is 1.35 bits per heavy atom. The number of hydrogen-bond acceptors (Lipinski definition) is 4. The Balaban J connectivity index is 0.00000112. The minimum atomic E-state index is -0.471. The number of carbonyl (C=O) groups is 1. The fourth-order valence-corrected chi connectivity index (χ4v) is 3.16. The first kappa shape index (κ1) is 21.9. The minimum absolute atomic E-state index is 0.0544. The van der Waals surface area contributed by atoms with Gasteiger partial charge < -0.3 is 14.8 Å². The topological polar surface area (TPSA) is 47.6 Å². The Morgan fingerprint density at radius 2 is 1.96 bits per heavy atom. The first-order valence-electron chi connectivity index (χ1n) is 8.53. The lowest BCUT2D eigenvalue weighted by Crippen LogP contribution is -2.36. The molecule has 23 heavy (non-hydrogen) atoms. The number of thiophene rings is 1. The Morgan fingerprint density at radius 3 is 2.52 bits per heavy atom. The van der Waals surface area contributed by atoms with E-state index in [1.165, 1.54) is 15.3 Å². The smallest absolute Gasteiger partial charge is 0.407 e. The van der Waals surface area contributed by atoms with Gasteiger partial charge in [-0.1, -0.05) is 27.7 Å². The molecule has 134 valence electrons. The second-order valence-corrected chi connectivity index (χ2v) is 7.07. The monoisotopic (exact) mass is 343 g/mol. The molecule has 1 amide bonds. The second kappa shape index (κ2) is 10.7. The van der Waals surface area contributed by atoms with Crippen LogP contribution in [0.25, 0.3) is 0 Å². The molecule has 0 aliphatic carbocycles. The lowest BCUT2D eigenvalue weighted by Gasteiger charge is -2.25. The molecule has 0 fully saturated rings. The maximum absolute atomic E-state index is 11.6. The lowest BCUT2D eigenvalue weighted by molar-refractivity contribution is 0.0296. The van der Waals surface area contributed by atoms with E-state index in [0.29, 0.717) is 13.2 Å². The maximum Gasteiger partial charge on any atom is 0.407 e. The van der Waals surface area contributed by atoms with Crippen molar-refractivity contribution >= 4 is 17.4 Å². The van der Waals surface area contributed by atoms with Crippen LogP contribution in [0.15, 0.2) is 6.07 Å². The molecule has 1 aromatic rings. The van der Waals surface area contributed by atoms with Crippen molar-refractivity contribution in [3.8, 4) is 0 Å². The van der Waals surface area contributed by atoms with Gasteiger partial charge in [0.25, 0.3) is 0 Å². The van der Waals surface area contributed by atoms with E-state index >= 15 is 0 Å². The van der Waals surface area contributed by atoms with E-state index in [0.717, 1.165) is 6.42 Å². The highest BCUT2D eigenvalue weighted by Crippen LogP contribution is 2.33. The van der Waals surface area contributed by atoms with Gasteiger partial charge in [0.1, 0.15) is 11.7 Å². The van der Waals surface area contributed by atoms with Crippen molar-refractivity contribution in [2.24, 2.45) is 0 Å². The number of fused-ring (bicyclic) bond motifs is 1. The fourth-order valence-electron chi connectivity index (χ4n) is 2.09. The van der Waals surface area contributed by atoms with Crippen LogP contribution in [-0.4, -0.2) is 24.8 Å². The third kappa shape index (κ3) is 7.84. The summed E-state index contributed by atoms with van der Waals surface area (Å²) in [5.41, 5.74) is 0.742. The number of hydrogen-bond donors (Lipinski definition) is 1. The van der Waals surface area contributed by atoms with Crippen molar-refractivity contribution < 1.29 is 14.3 Å². The summed E-state index contributed by atoms with van der Waals surface area (Å²) in [7, 11) is 0. The average molecular weight is 344 g/mol. The van der Waals surface area contributed by atoms with Gasteiger partial charge in [0.2, 0.25) is 0 Å². The van der Waals surface area contributed by atoms with Crippen LogP contribution in [-0.2, 0) is 15.9 Å². The number of amides is 1. The molecule has 1 aliphatic rings. The SMILES string of the molecule is CC.CC.Cc1cc2c(s1)CCOC2CNC(=O)OC(C)(C)C. The Bertz CT molecular complexity index is 463. The van der Waals surface area contributed by atoms with Crippen molar-refractivity contribution in [2.45, 2.75) is 73.5 Å². The molecule has 1 aromatic heterocycles. The molecule has 0 spiro atoms. The van der Waals surface area contributed by atoms with Crippen molar-refractivity contribution in [2.75, 3.05) is 13.2 Å². The Hall–Kier alpha value is -1.07. The van der Waals surface area contributed by atoms with Gasteiger partial charge in [-0.15, -0.1) is 11.3 Å². The second-order valence-electron chi connectivity index (χ2n) is 5.73. The van der Waals surface area contributed by atoms with E-state index in [9.17, 15) is 4.79 Å². The predicted molar refractivity (Wildman–Crippen MR) is 98.4 cm³/mol. The summed E-state index contributed by atoms with van der Waals surface area (Å²) >= 11 is 1.81. The highest BCUT2D eigenvalue weighted by molar-refractivity contribution is 7.12. The number of alkyl carbamates (subject to hydrolysis) is 1. The first-order valence-corrected chi connectivity index (χ1v) is 9.34. The van der Waals surface area contributed by atoms with Gasteiger partial charge in [0.15, 0.2) is 0 Å². The van der Waals surface area contributed by atoms with Gasteiger partial charge in [-0.05, 0) is 39.3 Å². The van der Waals surface area contributed by atoms with Crippen molar-refractivity contribution in [3.05, 3.63) is 21.4 Å². The number of ether oxygens (including phenoxy) is 2. The van der Waals surface area contributed by atoms with Gasteiger partial charge in [-0.3, -0.25) is 0 Å². The summed E-state index contributed by atoms with van der Waals surface area (Å²) < 4.78 is 11.0. The molecule has 0 radical (unpaired) electrons. The van der Waals surface area contributed by atoms with Crippen LogP contribution in [0.3, 0.4) is 0 Å².